The minimum atomic E-state index is -0.00938. The zero-order chi connectivity index (χ0) is 22.0. The lowest BCUT2D eigenvalue weighted by atomic mass is 10.2. The van der Waals surface area contributed by atoms with E-state index < -0.39 is 0 Å². The number of anilines is 2. The summed E-state index contributed by atoms with van der Waals surface area (Å²) < 4.78 is 2.86. The van der Waals surface area contributed by atoms with Crippen LogP contribution in [0.25, 0.3) is 5.69 Å². The molecule has 0 aliphatic carbocycles. The quantitative estimate of drug-likeness (QED) is 0.600. The fourth-order valence-electron chi connectivity index (χ4n) is 3.83. The summed E-state index contributed by atoms with van der Waals surface area (Å²) in [5, 5.41) is 7.71. The Labute approximate surface area is 191 Å². The van der Waals surface area contributed by atoms with Crippen molar-refractivity contribution in [2.45, 2.75) is 20.8 Å². The van der Waals surface area contributed by atoms with Crippen molar-refractivity contribution < 1.29 is 4.79 Å². The van der Waals surface area contributed by atoms with Gasteiger partial charge in [-0.3, -0.25) is 9.69 Å². The predicted octanol–water partition coefficient (Wildman–Crippen LogP) is 3.72. The maximum absolute atomic E-state index is 12.7. The van der Waals surface area contributed by atoms with Crippen LogP contribution in [0.4, 0.5) is 11.5 Å². The molecule has 31 heavy (non-hydrogen) atoms. The summed E-state index contributed by atoms with van der Waals surface area (Å²) in [4.78, 5) is 21.6. The zero-order valence-electron chi connectivity index (χ0n) is 18.1. The van der Waals surface area contributed by atoms with Crippen LogP contribution < -0.4 is 10.2 Å². The number of rotatable bonds is 5. The van der Waals surface area contributed by atoms with Crippen molar-refractivity contribution in [3.05, 3.63) is 64.0 Å². The highest BCUT2D eigenvalue weighted by molar-refractivity contribution is 9.10. The summed E-state index contributed by atoms with van der Waals surface area (Å²) in [7, 11) is 0. The molecule has 0 saturated carbocycles. The summed E-state index contributed by atoms with van der Waals surface area (Å²) in [6, 6.07) is 12.2. The van der Waals surface area contributed by atoms with Gasteiger partial charge in [0, 0.05) is 36.8 Å². The number of aryl methyl sites for hydroxylation is 2. The summed E-state index contributed by atoms with van der Waals surface area (Å²) in [5.41, 5.74) is 4.74. The number of aromatic nitrogens is 3. The number of amides is 1. The van der Waals surface area contributed by atoms with Crippen LogP contribution in [-0.4, -0.2) is 58.3 Å². The van der Waals surface area contributed by atoms with Crippen LogP contribution in [-0.2, 0) is 4.79 Å². The standard InChI is InChI=1S/C23H27BrN6O/c1-16-4-7-20(8-5-16)30-18(3)23(17(2)27-30)26-22(31)15-28-10-12-29(13-11-28)21-9-6-19(24)14-25-21/h4-9,14H,10-13,15H2,1-3H3,(H,26,31). The molecule has 1 aliphatic rings. The number of pyridine rings is 1. The van der Waals surface area contributed by atoms with Gasteiger partial charge in [0.15, 0.2) is 0 Å². The number of hydrogen-bond acceptors (Lipinski definition) is 5. The summed E-state index contributed by atoms with van der Waals surface area (Å²) in [6.45, 7) is 9.70. The minimum Gasteiger partial charge on any atom is -0.354 e. The second kappa shape index (κ2) is 9.20. The van der Waals surface area contributed by atoms with Gasteiger partial charge in [0.25, 0.3) is 0 Å². The van der Waals surface area contributed by atoms with Crippen molar-refractivity contribution in [3.8, 4) is 5.69 Å². The molecule has 1 aliphatic heterocycles. The van der Waals surface area contributed by atoms with Gasteiger partial charge < -0.3 is 10.2 Å². The molecule has 1 amide bonds. The number of carbonyl (C=O) groups excluding carboxylic acids is 1. The Hall–Kier alpha value is -2.71. The van der Waals surface area contributed by atoms with Crippen LogP contribution in [0, 0.1) is 20.8 Å². The molecule has 2 aromatic heterocycles. The fourth-order valence-corrected chi connectivity index (χ4v) is 4.07. The third-order valence-corrected chi connectivity index (χ3v) is 6.08. The lowest BCUT2D eigenvalue weighted by molar-refractivity contribution is -0.117. The minimum absolute atomic E-state index is 0.00938. The zero-order valence-corrected chi connectivity index (χ0v) is 19.7. The topological polar surface area (TPSA) is 66.3 Å². The first-order valence-electron chi connectivity index (χ1n) is 10.4. The molecule has 1 saturated heterocycles. The third kappa shape index (κ3) is 4.97. The second-order valence-electron chi connectivity index (χ2n) is 7.94. The van der Waals surface area contributed by atoms with Crippen LogP contribution >= 0.6 is 15.9 Å². The average Bonchev–Trinajstić information content (AvgIpc) is 3.04. The van der Waals surface area contributed by atoms with Gasteiger partial charge in [0.05, 0.1) is 29.3 Å². The number of benzene rings is 1. The van der Waals surface area contributed by atoms with E-state index in [1.54, 1.807) is 0 Å². The van der Waals surface area contributed by atoms with E-state index in [0.717, 1.165) is 59.2 Å². The first-order chi connectivity index (χ1) is 14.9. The van der Waals surface area contributed by atoms with E-state index in [1.807, 2.05) is 49.0 Å². The Morgan fingerprint density at radius 3 is 2.39 bits per heavy atom. The van der Waals surface area contributed by atoms with Gasteiger partial charge in [0.1, 0.15) is 5.82 Å². The molecule has 0 radical (unpaired) electrons. The molecule has 1 fully saturated rings. The number of hydrogen-bond donors (Lipinski definition) is 1. The van der Waals surface area contributed by atoms with Gasteiger partial charge in [-0.25, -0.2) is 9.67 Å². The van der Waals surface area contributed by atoms with Crippen LogP contribution in [0.15, 0.2) is 47.1 Å². The summed E-state index contributed by atoms with van der Waals surface area (Å²) >= 11 is 3.42. The SMILES string of the molecule is Cc1ccc(-n2nc(C)c(NC(=O)CN3CCN(c4ccc(Br)cn4)CC3)c2C)cc1. The van der Waals surface area contributed by atoms with Gasteiger partial charge in [0.2, 0.25) is 5.91 Å². The first-order valence-corrected chi connectivity index (χ1v) is 11.2. The largest absolute Gasteiger partial charge is 0.354 e. The van der Waals surface area contributed by atoms with Crippen molar-refractivity contribution in [3.63, 3.8) is 0 Å². The van der Waals surface area contributed by atoms with Gasteiger partial charge in [-0.15, -0.1) is 0 Å². The third-order valence-electron chi connectivity index (χ3n) is 5.61. The maximum Gasteiger partial charge on any atom is 0.238 e. The molecule has 7 nitrogen and oxygen atoms in total. The predicted molar refractivity (Wildman–Crippen MR) is 127 cm³/mol. The smallest absolute Gasteiger partial charge is 0.238 e. The van der Waals surface area contributed by atoms with Crippen molar-refractivity contribution in [1.82, 2.24) is 19.7 Å². The van der Waals surface area contributed by atoms with Crippen LogP contribution in [0.2, 0.25) is 0 Å². The van der Waals surface area contributed by atoms with E-state index in [2.05, 4.69) is 60.2 Å². The highest BCUT2D eigenvalue weighted by atomic mass is 79.9. The van der Waals surface area contributed by atoms with E-state index in [4.69, 9.17) is 0 Å². The molecule has 4 rings (SSSR count). The van der Waals surface area contributed by atoms with Crippen LogP contribution in [0.5, 0.6) is 0 Å². The molecule has 0 spiro atoms. The number of halogens is 1. The van der Waals surface area contributed by atoms with Crippen molar-refractivity contribution in [2.75, 3.05) is 42.9 Å². The number of piperazine rings is 1. The Morgan fingerprint density at radius 1 is 1.03 bits per heavy atom. The molecule has 1 aromatic carbocycles. The molecule has 8 heteroatoms. The first kappa shape index (κ1) is 21.5. The van der Waals surface area contributed by atoms with E-state index in [1.165, 1.54) is 5.56 Å². The lowest BCUT2D eigenvalue weighted by Gasteiger charge is -2.35. The van der Waals surface area contributed by atoms with E-state index in [-0.39, 0.29) is 5.91 Å². The molecular formula is C23H27BrN6O. The molecule has 162 valence electrons. The lowest BCUT2D eigenvalue weighted by Crippen LogP contribution is -2.49. The Bertz CT molecular complexity index is 1050. The number of nitrogens with one attached hydrogen (secondary N) is 1. The molecule has 0 atom stereocenters. The molecule has 0 bridgehead atoms. The van der Waals surface area contributed by atoms with Gasteiger partial charge in [-0.1, -0.05) is 17.7 Å². The van der Waals surface area contributed by atoms with E-state index >= 15 is 0 Å². The van der Waals surface area contributed by atoms with E-state index in [9.17, 15) is 4.79 Å². The fraction of sp³-hybridized carbons (Fsp3) is 0.348. The van der Waals surface area contributed by atoms with Crippen LogP contribution in [0.1, 0.15) is 17.0 Å². The normalized spacial score (nSPS) is 14.6. The molecule has 3 aromatic rings. The van der Waals surface area contributed by atoms with Gasteiger partial charge in [-0.05, 0) is 61.0 Å². The Balaban J connectivity index is 1.35. The van der Waals surface area contributed by atoms with Crippen molar-refractivity contribution in [2.24, 2.45) is 0 Å². The average molecular weight is 483 g/mol. The summed E-state index contributed by atoms with van der Waals surface area (Å²) in [5.74, 6) is 0.965. The molecule has 0 unspecified atom stereocenters. The maximum atomic E-state index is 12.7. The van der Waals surface area contributed by atoms with Crippen molar-refractivity contribution >= 4 is 33.3 Å². The van der Waals surface area contributed by atoms with Crippen molar-refractivity contribution in [1.29, 1.82) is 0 Å². The molecular weight excluding hydrogens is 456 g/mol. The van der Waals surface area contributed by atoms with Gasteiger partial charge in [-0.2, -0.15) is 5.10 Å². The second-order valence-corrected chi connectivity index (χ2v) is 8.85. The number of nitrogens with zero attached hydrogens (tertiary/aromatic N) is 5. The Morgan fingerprint density at radius 2 is 1.74 bits per heavy atom. The monoisotopic (exact) mass is 482 g/mol. The van der Waals surface area contributed by atoms with Crippen LogP contribution in [0.3, 0.4) is 0 Å². The van der Waals surface area contributed by atoms with Gasteiger partial charge >= 0.3 is 0 Å². The molecule has 3 heterocycles. The highest BCUT2D eigenvalue weighted by Gasteiger charge is 2.21. The highest BCUT2D eigenvalue weighted by Crippen LogP contribution is 2.23. The summed E-state index contributed by atoms with van der Waals surface area (Å²) in [6.07, 6.45) is 1.82. The van der Waals surface area contributed by atoms with E-state index in [0.29, 0.717) is 6.54 Å². The Kier molecular flexibility index (Phi) is 6.38. The number of carbonyl (C=O) groups is 1. The molecule has 1 N–H and O–H groups in total.